The molecule has 1 amide bonds. The molecule has 2 aliphatic rings. The van der Waals surface area contributed by atoms with Gasteiger partial charge in [-0.1, -0.05) is 6.92 Å². The molecule has 3 heterocycles. The normalized spacial score (nSPS) is 23.5. The van der Waals surface area contributed by atoms with Crippen molar-refractivity contribution in [3.8, 4) is 0 Å². The molecule has 2 atom stereocenters. The number of aromatic amines is 1. The van der Waals surface area contributed by atoms with Gasteiger partial charge < -0.3 is 10.0 Å². The van der Waals surface area contributed by atoms with Crippen LogP contribution < -0.4 is 0 Å². The van der Waals surface area contributed by atoms with E-state index in [9.17, 15) is 9.90 Å². The van der Waals surface area contributed by atoms with Crippen LogP contribution in [0.25, 0.3) is 0 Å². The van der Waals surface area contributed by atoms with Gasteiger partial charge in [-0.3, -0.25) is 9.89 Å². The third kappa shape index (κ3) is 3.25. The number of carbonyl (C=O) groups is 1. The quantitative estimate of drug-likeness (QED) is 0.885. The smallest absolute Gasteiger partial charge is 0.255 e. The second kappa shape index (κ2) is 6.92. The minimum atomic E-state index is -0.0260. The van der Waals surface area contributed by atoms with Gasteiger partial charge in [0.2, 0.25) is 0 Å². The number of hydrogen-bond acceptors (Lipinski definition) is 4. The highest BCUT2D eigenvalue weighted by molar-refractivity contribution is 7.10. The highest BCUT2D eigenvalue weighted by Gasteiger charge is 2.30. The van der Waals surface area contributed by atoms with Crippen LogP contribution in [0, 0.1) is 5.92 Å². The molecule has 0 spiro atoms. The Bertz CT molecular complexity index is 767. The zero-order valence-corrected chi connectivity index (χ0v) is 15.4. The maximum absolute atomic E-state index is 13.1. The number of aromatic nitrogens is 2. The second-order valence-electron chi connectivity index (χ2n) is 7.47. The van der Waals surface area contributed by atoms with Crippen molar-refractivity contribution in [3.63, 3.8) is 0 Å². The molecular formula is C19H25N3O2S. The largest absolute Gasteiger partial charge is 0.390 e. The number of aliphatic hydroxyl groups excluding tert-OH is 1. The zero-order valence-electron chi connectivity index (χ0n) is 14.6. The van der Waals surface area contributed by atoms with Crippen molar-refractivity contribution in [3.05, 3.63) is 38.8 Å². The molecule has 1 aliphatic heterocycles. The van der Waals surface area contributed by atoms with Crippen LogP contribution in [0.4, 0.5) is 0 Å². The minimum absolute atomic E-state index is 0.0260. The van der Waals surface area contributed by atoms with Crippen molar-refractivity contribution in [2.24, 2.45) is 5.92 Å². The monoisotopic (exact) mass is 359 g/mol. The number of carbonyl (C=O) groups excluding carboxylic acids is 1. The molecule has 5 nitrogen and oxygen atoms in total. The molecule has 1 saturated heterocycles. The standard InChI is InChI=1S/C19H25N3O2S/c1-12-4-5-15-16(11-25-18(15)7-12)19(24)22-6-2-3-13(9-22)17-8-14(10-23)20-21-17/h8,11-13,23H,2-7,9-10H2,1H3,(H,20,21)/t12-,13+/m0/s1. The predicted octanol–water partition coefficient (Wildman–Crippen LogP) is 3.11. The first-order chi connectivity index (χ1) is 12.2. The van der Waals surface area contributed by atoms with Crippen LogP contribution in [-0.4, -0.2) is 39.2 Å². The first-order valence-corrected chi connectivity index (χ1v) is 10.1. The number of nitrogens with zero attached hydrogens (tertiary/aromatic N) is 2. The average Bonchev–Trinajstić information content (AvgIpc) is 3.27. The van der Waals surface area contributed by atoms with Crippen LogP contribution in [0.3, 0.4) is 0 Å². The van der Waals surface area contributed by atoms with Gasteiger partial charge in [-0.25, -0.2) is 0 Å². The molecule has 1 aliphatic carbocycles. The number of hydrogen-bond donors (Lipinski definition) is 2. The fourth-order valence-corrected chi connectivity index (χ4v) is 5.34. The number of piperidine rings is 1. The Kier molecular flexibility index (Phi) is 4.65. The van der Waals surface area contributed by atoms with Gasteiger partial charge in [-0.05, 0) is 49.7 Å². The van der Waals surface area contributed by atoms with E-state index >= 15 is 0 Å². The van der Waals surface area contributed by atoms with E-state index in [-0.39, 0.29) is 18.4 Å². The molecule has 1 fully saturated rings. The van der Waals surface area contributed by atoms with Gasteiger partial charge in [0, 0.05) is 29.3 Å². The van der Waals surface area contributed by atoms with Crippen LogP contribution in [0.1, 0.15) is 64.3 Å². The summed E-state index contributed by atoms with van der Waals surface area (Å²) in [6.07, 6.45) is 5.38. The number of likely N-dealkylation sites (tertiary alicyclic amines) is 1. The number of fused-ring (bicyclic) bond motifs is 1. The summed E-state index contributed by atoms with van der Waals surface area (Å²) in [5.74, 6) is 1.17. The first kappa shape index (κ1) is 16.8. The zero-order chi connectivity index (χ0) is 17.4. The maximum atomic E-state index is 13.1. The summed E-state index contributed by atoms with van der Waals surface area (Å²) in [5.41, 5.74) is 3.94. The third-order valence-corrected chi connectivity index (χ3v) is 6.63. The summed E-state index contributed by atoms with van der Waals surface area (Å²) in [7, 11) is 0. The lowest BCUT2D eigenvalue weighted by molar-refractivity contribution is 0.0705. The van der Waals surface area contributed by atoms with E-state index in [1.165, 1.54) is 16.9 Å². The Morgan fingerprint density at radius 3 is 3.16 bits per heavy atom. The number of nitrogens with one attached hydrogen (secondary N) is 1. The fourth-order valence-electron chi connectivity index (χ4n) is 4.10. The lowest BCUT2D eigenvalue weighted by atomic mass is 9.88. The molecule has 0 radical (unpaired) electrons. The highest BCUT2D eigenvalue weighted by Crippen LogP contribution is 2.34. The summed E-state index contributed by atoms with van der Waals surface area (Å²) in [6.45, 7) is 3.81. The summed E-state index contributed by atoms with van der Waals surface area (Å²) >= 11 is 1.76. The number of H-pyrrole nitrogens is 1. The molecule has 4 rings (SSSR count). The maximum Gasteiger partial charge on any atom is 0.255 e. The highest BCUT2D eigenvalue weighted by atomic mass is 32.1. The van der Waals surface area contributed by atoms with E-state index in [0.717, 1.165) is 61.6 Å². The van der Waals surface area contributed by atoms with E-state index in [1.807, 2.05) is 11.0 Å². The Balaban J connectivity index is 1.50. The molecule has 6 heteroatoms. The SMILES string of the molecule is C[C@H]1CCc2c(C(=O)N3CCC[C@@H](c4cc(CO)[nH]n4)C3)csc2C1. The van der Waals surface area contributed by atoms with Gasteiger partial charge in [0.15, 0.2) is 0 Å². The Hall–Kier alpha value is -1.66. The van der Waals surface area contributed by atoms with Gasteiger partial charge in [0.05, 0.1) is 23.6 Å². The van der Waals surface area contributed by atoms with E-state index in [1.54, 1.807) is 11.3 Å². The van der Waals surface area contributed by atoms with Gasteiger partial charge in [-0.15, -0.1) is 11.3 Å². The Labute approximate surface area is 152 Å². The molecular weight excluding hydrogens is 334 g/mol. The molecule has 25 heavy (non-hydrogen) atoms. The lowest BCUT2D eigenvalue weighted by Crippen LogP contribution is -2.39. The first-order valence-electron chi connectivity index (χ1n) is 9.19. The molecule has 0 aromatic carbocycles. The van der Waals surface area contributed by atoms with Crippen molar-refractivity contribution < 1.29 is 9.90 Å². The van der Waals surface area contributed by atoms with Crippen LogP contribution in [0.15, 0.2) is 11.4 Å². The van der Waals surface area contributed by atoms with E-state index in [0.29, 0.717) is 0 Å². The van der Waals surface area contributed by atoms with Crippen LogP contribution >= 0.6 is 11.3 Å². The average molecular weight is 359 g/mol. The fraction of sp³-hybridized carbons (Fsp3) is 0.579. The van der Waals surface area contributed by atoms with Crippen molar-refractivity contribution in [1.82, 2.24) is 15.1 Å². The number of amides is 1. The van der Waals surface area contributed by atoms with Gasteiger partial charge in [0.1, 0.15) is 0 Å². The number of aliphatic hydroxyl groups is 1. The third-order valence-electron chi connectivity index (χ3n) is 5.58. The van der Waals surface area contributed by atoms with E-state index in [4.69, 9.17) is 0 Å². The summed E-state index contributed by atoms with van der Waals surface area (Å²) < 4.78 is 0. The molecule has 0 unspecified atom stereocenters. The van der Waals surface area contributed by atoms with Crippen molar-refractivity contribution in [1.29, 1.82) is 0 Å². The van der Waals surface area contributed by atoms with Crippen molar-refractivity contribution >= 4 is 17.2 Å². The summed E-state index contributed by atoms with van der Waals surface area (Å²) in [4.78, 5) is 16.5. The number of thiophene rings is 1. The lowest BCUT2D eigenvalue weighted by Gasteiger charge is -2.32. The van der Waals surface area contributed by atoms with Crippen molar-refractivity contribution in [2.75, 3.05) is 13.1 Å². The molecule has 0 bridgehead atoms. The minimum Gasteiger partial charge on any atom is -0.390 e. The molecule has 0 saturated carbocycles. The molecule has 134 valence electrons. The van der Waals surface area contributed by atoms with Crippen LogP contribution in [-0.2, 0) is 19.4 Å². The predicted molar refractivity (Wildman–Crippen MR) is 97.9 cm³/mol. The van der Waals surface area contributed by atoms with Crippen LogP contribution in [0.2, 0.25) is 0 Å². The number of rotatable bonds is 3. The summed E-state index contributed by atoms with van der Waals surface area (Å²) in [6, 6.07) is 1.92. The topological polar surface area (TPSA) is 69.2 Å². The van der Waals surface area contributed by atoms with Crippen molar-refractivity contribution in [2.45, 2.75) is 51.6 Å². The summed E-state index contributed by atoms with van der Waals surface area (Å²) in [5, 5.41) is 18.5. The van der Waals surface area contributed by atoms with Gasteiger partial charge in [0.25, 0.3) is 5.91 Å². The van der Waals surface area contributed by atoms with E-state index in [2.05, 4.69) is 22.5 Å². The molecule has 2 aromatic rings. The Morgan fingerprint density at radius 2 is 2.36 bits per heavy atom. The molecule has 2 aromatic heterocycles. The van der Waals surface area contributed by atoms with Gasteiger partial charge >= 0.3 is 0 Å². The molecule has 2 N–H and O–H groups in total. The van der Waals surface area contributed by atoms with Gasteiger partial charge in [-0.2, -0.15) is 5.10 Å². The van der Waals surface area contributed by atoms with Crippen LogP contribution in [0.5, 0.6) is 0 Å². The van der Waals surface area contributed by atoms with E-state index < -0.39 is 0 Å². The Morgan fingerprint density at radius 1 is 1.48 bits per heavy atom. The second-order valence-corrected chi connectivity index (χ2v) is 8.43.